The number of β-amino-alcohol motifs (C(OH)–C–C–N with tert-alkyl or cyclic N) is 1. The molecule has 1 aromatic heterocycles. The van der Waals surface area contributed by atoms with Crippen molar-refractivity contribution in [2.45, 2.75) is 25.0 Å². The van der Waals surface area contributed by atoms with Crippen molar-refractivity contribution in [3.8, 4) is 5.75 Å². The zero-order valence-electron chi connectivity index (χ0n) is 13.1. The number of benzene rings is 1. The van der Waals surface area contributed by atoms with E-state index in [1.807, 2.05) is 36.3 Å². The summed E-state index contributed by atoms with van der Waals surface area (Å²) in [7, 11) is 3.62. The topological polar surface area (TPSA) is 50.5 Å². The second-order valence-corrected chi connectivity index (χ2v) is 5.95. The fourth-order valence-electron chi connectivity index (χ4n) is 3.20. The molecule has 1 aliphatic rings. The molecular formula is C17H23N3O2. The van der Waals surface area contributed by atoms with E-state index in [4.69, 9.17) is 4.74 Å². The summed E-state index contributed by atoms with van der Waals surface area (Å²) in [5.74, 6) is 0.867. The number of rotatable bonds is 5. The van der Waals surface area contributed by atoms with Gasteiger partial charge in [0.15, 0.2) is 0 Å². The minimum Gasteiger partial charge on any atom is -0.497 e. The molecule has 0 saturated carbocycles. The van der Waals surface area contributed by atoms with Crippen LogP contribution in [-0.4, -0.2) is 46.1 Å². The number of ether oxygens (including phenoxy) is 1. The summed E-state index contributed by atoms with van der Waals surface area (Å²) in [6.45, 7) is 1.65. The van der Waals surface area contributed by atoms with Gasteiger partial charge in [0.05, 0.1) is 19.4 Å². The van der Waals surface area contributed by atoms with Gasteiger partial charge in [0.25, 0.3) is 0 Å². The Morgan fingerprint density at radius 3 is 3.00 bits per heavy atom. The van der Waals surface area contributed by atoms with Crippen LogP contribution in [0.5, 0.6) is 5.75 Å². The molecule has 1 N–H and O–H groups in total. The second kappa shape index (κ2) is 6.50. The van der Waals surface area contributed by atoms with Crippen LogP contribution in [0.4, 0.5) is 0 Å². The minimum absolute atomic E-state index is 0.252. The lowest BCUT2D eigenvalue weighted by Gasteiger charge is -2.24. The first kappa shape index (κ1) is 15.1. The van der Waals surface area contributed by atoms with E-state index in [-0.39, 0.29) is 12.1 Å². The molecule has 5 nitrogen and oxygen atoms in total. The number of aryl methyl sites for hydroxylation is 1. The van der Waals surface area contributed by atoms with E-state index in [0.29, 0.717) is 0 Å². The lowest BCUT2D eigenvalue weighted by molar-refractivity contribution is 0.175. The summed E-state index contributed by atoms with van der Waals surface area (Å²) in [6.07, 6.45) is 5.42. The van der Waals surface area contributed by atoms with Crippen LogP contribution in [0.3, 0.4) is 0 Å². The second-order valence-electron chi connectivity index (χ2n) is 5.95. The lowest BCUT2D eigenvalue weighted by Crippen LogP contribution is -2.27. The van der Waals surface area contributed by atoms with Gasteiger partial charge in [-0.2, -0.15) is 5.10 Å². The molecule has 2 atom stereocenters. The zero-order valence-corrected chi connectivity index (χ0v) is 13.1. The van der Waals surface area contributed by atoms with Gasteiger partial charge in [0.2, 0.25) is 0 Å². The van der Waals surface area contributed by atoms with Crippen molar-refractivity contribution < 1.29 is 9.84 Å². The number of methoxy groups -OCH3 is 1. The van der Waals surface area contributed by atoms with Crippen LogP contribution in [0.25, 0.3) is 0 Å². The largest absolute Gasteiger partial charge is 0.497 e. The summed E-state index contributed by atoms with van der Waals surface area (Å²) in [5, 5.41) is 14.3. The number of hydrogen-bond donors (Lipinski definition) is 1. The first-order valence-electron chi connectivity index (χ1n) is 7.69. The Labute approximate surface area is 131 Å². The summed E-state index contributed by atoms with van der Waals surface area (Å²) in [4.78, 5) is 2.35. The van der Waals surface area contributed by atoms with E-state index in [1.54, 1.807) is 7.11 Å². The normalized spacial score (nSPS) is 22.1. The van der Waals surface area contributed by atoms with Crippen LogP contribution in [0.1, 0.15) is 23.6 Å². The third-order valence-corrected chi connectivity index (χ3v) is 4.31. The van der Waals surface area contributed by atoms with Crippen LogP contribution >= 0.6 is 0 Å². The smallest absolute Gasteiger partial charge is 0.119 e. The van der Waals surface area contributed by atoms with Gasteiger partial charge in [0, 0.05) is 32.4 Å². The highest BCUT2D eigenvalue weighted by Crippen LogP contribution is 2.33. The maximum Gasteiger partial charge on any atom is 0.119 e. The predicted molar refractivity (Wildman–Crippen MR) is 84.8 cm³/mol. The van der Waals surface area contributed by atoms with Gasteiger partial charge < -0.3 is 9.84 Å². The molecule has 0 spiro atoms. The summed E-state index contributed by atoms with van der Waals surface area (Å²) in [5.41, 5.74) is 2.44. The number of likely N-dealkylation sites (tertiary alicyclic amines) is 1. The molecule has 5 heteroatoms. The van der Waals surface area contributed by atoms with Crippen molar-refractivity contribution in [2.24, 2.45) is 7.05 Å². The predicted octanol–water partition coefficient (Wildman–Crippen LogP) is 1.78. The quantitative estimate of drug-likeness (QED) is 0.914. The van der Waals surface area contributed by atoms with Crippen molar-refractivity contribution in [2.75, 3.05) is 20.2 Å². The van der Waals surface area contributed by atoms with Crippen molar-refractivity contribution in [3.05, 3.63) is 47.8 Å². The first-order chi connectivity index (χ1) is 10.7. The average Bonchev–Trinajstić information content (AvgIpc) is 3.11. The molecule has 0 unspecified atom stereocenters. The molecule has 3 rings (SSSR count). The van der Waals surface area contributed by atoms with Crippen LogP contribution < -0.4 is 4.74 Å². The van der Waals surface area contributed by atoms with Crippen molar-refractivity contribution in [1.82, 2.24) is 14.7 Å². The highest BCUT2D eigenvalue weighted by molar-refractivity contribution is 5.31. The molecule has 2 heterocycles. The molecule has 0 radical (unpaired) electrons. The monoisotopic (exact) mass is 301 g/mol. The molecule has 0 aliphatic carbocycles. The molecule has 2 aromatic rings. The molecule has 1 saturated heterocycles. The van der Waals surface area contributed by atoms with Crippen LogP contribution in [0.2, 0.25) is 0 Å². The van der Waals surface area contributed by atoms with E-state index in [9.17, 15) is 5.11 Å². The minimum atomic E-state index is -0.259. The molecule has 118 valence electrons. The Bertz CT molecular complexity index is 626. The highest BCUT2D eigenvalue weighted by atomic mass is 16.5. The van der Waals surface area contributed by atoms with Crippen molar-refractivity contribution in [3.63, 3.8) is 0 Å². The van der Waals surface area contributed by atoms with Gasteiger partial charge in [-0.15, -0.1) is 0 Å². The van der Waals surface area contributed by atoms with Crippen LogP contribution in [0.15, 0.2) is 36.7 Å². The maximum atomic E-state index is 10.1. The van der Waals surface area contributed by atoms with Crippen molar-refractivity contribution >= 4 is 0 Å². The van der Waals surface area contributed by atoms with Crippen LogP contribution in [-0.2, 0) is 13.5 Å². The molecule has 22 heavy (non-hydrogen) atoms. The Morgan fingerprint density at radius 1 is 1.41 bits per heavy atom. The van der Waals surface area contributed by atoms with E-state index in [2.05, 4.69) is 22.1 Å². The number of hydrogen-bond acceptors (Lipinski definition) is 4. The number of aromatic nitrogens is 2. The van der Waals surface area contributed by atoms with E-state index in [1.165, 1.54) is 11.1 Å². The standard InChI is InChI=1S/C17H23N3O2/c1-19-11-13(10-18-19)6-7-20-12-15(21)9-17(20)14-4-3-5-16(8-14)22-2/h3-5,8,10-11,15,17,21H,6-7,9,12H2,1-2H3/t15-,17-/m0/s1. The number of aliphatic hydroxyl groups is 1. The third kappa shape index (κ3) is 3.31. The zero-order chi connectivity index (χ0) is 15.5. The van der Waals surface area contributed by atoms with Gasteiger partial charge in [-0.05, 0) is 36.1 Å². The maximum absolute atomic E-state index is 10.1. The molecule has 0 amide bonds. The van der Waals surface area contributed by atoms with Crippen LogP contribution in [0, 0.1) is 0 Å². The highest BCUT2D eigenvalue weighted by Gasteiger charge is 2.31. The van der Waals surface area contributed by atoms with Gasteiger partial charge in [-0.25, -0.2) is 0 Å². The fraction of sp³-hybridized carbons (Fsp3) is 0.471. The summed E-state index contributed by atoms with van der Waals surface area (Å²) < 4.78 is 7.14. The van der Waals surface area contributed by atoms with Crippen molar-refractivity contribution in [1.29, 1.82) is 0 Å². The number of nitrogens with zero attached hydrogens (tertiary/aromatic N) is 3. The summed E-state index contributed by atoms with van der Waals surface area (Å²) in [6, 6.07) is 8.40. The Kier molecular flexibility index (Phi) is 4.45. The average molecular weight is 301 g/mol. The first-order valence-corrected chi connectivity index (χ1v) is 7.69. The summed E-state index contributed by atoms with van der Waals surface area (Å²) >= 11 is 0. The van der Waals surface area contributed by atoms with Gasteiger partial charge >= 0.3 is 0 Å². The molecule has 0 bridgehead atoms. The Morgan fingerprint density at radius 2 is 2.27 bits per heavy atom. The molecule has 1 aliphatic heterocycles. The fourth-order valence-corrected chi connectivity index (χ4v) is 3.20. The van der Waals surface area contributed by atoms with Gasteiger partial charge in [0.1, 0.15) is 5.75 Å². The molecule has 1 aromatic carbocycles. The molecular weight excluding hydrogens is 278 g/mol. The van der Waals surface area contributed by atoms with E-state index in [0.717, 1.165) is 31.7 Å². The van der Waals surface area contributed by atoms with E-state index < -0.39 is 0 Å². The van der Waals surface area contributed by atoms with Gasteiger partial charge in [-0.1, -0.05) is 12.1 Å². The Hall–Kier alpha value is -1.85. The third-order valence-electron chi connectivity index (χ3n) is 4.31. The Balaban J connectivity index is 1.71. The molecule has 1 fully saturated rings. The SMILES string of the molecule is COc1cccc([C@@H]2C[C@H](O)CN2CCc2cnn(C)c2)c1. The number of aliphatic hydroxyl groups excluding tert-OH is 1. The van der Waals surface area contributed by atoms with E-state index >= 15 is 0 Å². The van der Waals surface area contributed by atoms with Gasteiger partial charge in [-0.3, -0.25) is 9.58 Å². The lowest BCUT2D eigenvalue weighted by atomic mass is 10.0.